The summed E-state index contributed by atoms with van der Waals surface area (Å²) in [6, 6.07) is 0.143. The van der Waals surface area contributed by atoms with Crippen LogP contribution in [0, 0.1) is 0 Å². The van der Waals surface area contributed by atoms with Crippen molar-refractivity contribution in [3.8, 4) is 0 Å². The predicted octanol–water partition coefficient (Wildman–Crippen LogP) is 0.244. The number of imidazole rings is 1. The number of H-pyrrole nitrogens is 1. The molecule has 0 aliphatic carbocycles. The normalized spacial score (nSPS) is 31.1. The summed E-state index contributed by atoms with van der Waals surface area (Å²) in [5, 5.41) is 12.2. The maximum atomic E-state index is 11.2. The second-order valence-corrected chi connectivity index (χ2v) is 3.91. The molecular weight excluding hydrogens is 182 g/mol. The average molecular weight is 195 g/mol. The molecule has 0 radical (unpaired) electrons. The van der Waals surface area contributed by atoms with E-state index in [2.05, 4.69) is 15.3 Å². The van der Waals surface area contributed by atoms with Crippen molar-refractivity contribution in [3.63, 3.8) is 0 Å². The van der Waals surface area contributed by atoms with E-state index in [1.54, 1.807) is 13.3 Å². The van der Waals surface area contributed by atoms with Crippen LogP contribution in [0.5, 0.6) is 0 Å². The molecule has 76 valence electrons. The van der Waals surface area contributed by atoms with Crippen LogP contribution in [-0.2, 0) is 16.8 Å². The number of fused-ring (bicyclic) bond motifs is 1. The number of carboxylic acids is 1. The largest absolute Gasteiger partial charge is 0.480 e. The van der Waals surface area contributed by atoms with Gasteiger partial charge in [0.05, 0.1) is 12.0 Å². The summed E-state index contributed by atoms with van der Waals surface area (Å²) >= 11 is 0. The van der Waals surface area contributed by atoms with Crippen LogP contribution in [0.3, 0.4) is 0 Å². The Morgan fingerprint density at radius 3 is 3.14 bits per heavy atom. The molecule has 1 aliphatic rings. The maximum absolute atomic E-state index is 11.2. The molecule has 0 bridgehead atoms. The summed E-state index contributed by atoms with van der Waals surface area (Å²) in [6.45, 7) is 3.61. The Morgan fingerprint density at radius 1 is 1.79 bits per heavy atom. The highest BCUT2D eigenvalue weighted by atomic mass is 16.4. The van der Waals surface area contributed by atoms with E-state index in [9.17, 15) is 4.79 Å². The van der Waals surface area contributed by atoms with Crippen LogP contribution in [0.4, 0.5) is 0 Å². The fourth-order valence-electron chi connectivity index (χ4n) is 1.99. The fourth-order valence-corrected chi connectivity index (χ4v) is 1.99. The highest BCUT2D eigenvalue weighted by Crippen LogP contribution is 2.27. The zero-order valence-electron chi connectivity index (χ0n) is 8.16. The smallest absolute Gasteiger partial charge is 0.329 e. The van der Waals surface area contributed by atoms with Gasteiger partial charge in [-0.1, -0.05) is 0 Å². The molecule has 1 aromatic heterocycles. The third-order valence-electron chi connectivity index (χ3n) is 2.66. The number of rotatable bonds is 1. The number of nitrogens with zero attached hydrogens (tertiary/aromatic N) is 1. The molecule has 0 spiro atoms. The molecule has 2 heterocycles. The summed E-state index contributed by atoms with van der Waals surface area (Å²) in [4.78, 5) is 18.2. The van der Waals surface area contributed by atoms with Crippen LogP contribution in [0.2, 0.25) is 0 Å². The van der Waals surface area contributed by atoms with Crippen LogP contribution < -0.4 is 5.32 Å². The van der Waals surface area contributed by atoms with E-state index in [0.717, 1.165) is 12.1 Å². The van der Waals surface area contributed by atoms with Crippen LogP contribution in [0.1, 0.15) is 25.2 Å². The molecule has 0 saturated heterocycles. The Morgan fingerprint density at radius 2 is 2.50 bits per heavy atom. The zero-order chi connectivity index (χ0) is 10.3. The van der Waals surface area contributed by atoms with Gasteiger partial charge >= 0.3 is 5.97 Å². The number of hydrogen-bond acceptors (Lipinski definition) is 3. The Balaban J connectivity index is 2.51. The van der Waals surface area contributed by atoms with Crippen molar-refractivity contribution < 1.29 is 9.90 Å². The lowest BCUT2D eigenvalue weighted by atomic mass is 9.89. The van der Waals surface area contributed by atoms with Crippen molar-refractivity contribution >= 4 is 5.97 Å². The fraction of sp³-hybridized carbons (Fsp3) is 0.556. The molecule has 2 atom stereocenters. The summed E-state index contributed by atoms with van der Waals surface area (Å²) in [5.41, 5.74) is 0.455. The first kappa shape index (κ1) is 9.21. The number of carbonyl (C=O) groups is 1. The van der Waals surface area contributed by atoms with E-state index in [1.165, 1.54) is 0 Å². The zero-order valence-corrected chi connectivity index (χ0v) is 8.16. The van der Waals surface area contributed by atoms with Crippen molar-refractivity contribution in [3.05, 3.63) is 17.7 Å². The molecule has 1 aromatic rings. The summed E-state index contributed by atoms with van der Waals surface area (Å²) < 4.78 is 0. The van der Waals surface area contributed by atoms with Crippen LogP contribution in [-0.4, -0.2) is 27.1 Å². The molecule has 0 saturated carbocycles. The van der Waals surface area contributed by atoms with Gasteiger partial charge in [0.15, 0.2) is 5.54 Å². The van der Waals surface area contributed by atoms with E-state index in [1.807, 2.05) is 6.92 Å². The summed E-state index contributed by atoms with van der Waals surface area (Å²) in [6.07, 6.45) is 2.34. The average Bonchev–Trinajstić information content (AvgIpc) is 2.51. The van der Waals surface area contributed by atoms with Gasteiger partial charge in [-0.05, 0) is 13.8 Å². The van der Waals surface area contributed by atoms with Crippen molar-refractivity contribution in [2.45, 2.75) is 31.8 Å². The molecule has 0 fully saturated rings. The molecule has 14 heavy (non-hydrogen) atoms. The lowest BCUT2D eigenvalue weighted by Crippen LogP contribution is -2.54. The van der Waals surface area contributed by atoms with E-state index in [4.69, 9.17) is 5.11 Å². The SMILES string of the molecule is C[C@@H]1Cc2[nH]cnc2[C@@](C)(C(=O)O)N1. The molecule has 5 heteroatoms. The van der Waals surface area contributed by atoms with E-state index < -0.39 is 11.5 Å². The van der Waals surface area contributed by atoms with Gasteiger partial charge in [0.2, 0.25) is 0 Å². The van der Waals surface area contributed by atoms with Gasteiger partial charge in [0.25, 0.3) is 0 Å². The van der Waals surface area contributed by atoms with Crippen LogP contribution in [0.15, 0.2) is 6.33 Å². The Bertz CT molecular complexity index is 374. The quantitative estimate of drug-likeness (QED) is 0.600. The lowest BCUT2D eigenvalue weighted by molar-refractivity contribution is -0.145. The molecule has 0 aromatic carbocycles. The molecule has 3 N–H and O–H groups in total. The number of hydrogen-bond donors (Lipinski definition) is 3. The molecular formula is C9H13N3O2. The third kappa shape index (κ3) is 1.13. The Kier molecular flexibility index (Phi) is 1.85. The van der Waals surface area contributed by atoms with Crippen molar-refractivity contribution in [2.24, 2.45) is 0 Å². The molecule has 5 nitrogen and oxygen atoms in total. The minimum absolute atomic E-state index is 0.143. The van der Waals surface area contributed by atoms with E-state index in [-0.39, 0.29) is 6.04 Å². The van der Waals surface area contributed by atoms with Gasteiger partial charge in [0.1, 0.15) is 0 Å². The summed E-state index contributed by atoms with van der Waals surface area (Å²) in [7, 11) is 0. The first-order valence-electron chi connectivity index (χ1n) is 4.58. The van der Waals surface area contributed by atoms with Gasteiger partial charge in [-0.2, -0.15) is 0 Å². The third-order valence-corrected chi connectivity index (χ3v) is 2.66. The second-order valence-electron chi connectivity index (χ2n) is 3.91. The molecule has 0 unspecified atom stereocenters. The summed E-state index contributed by atoms with van der Waals surface area (Å²) in [5.74, 6) is -0.891. The van der Waals surface area contributed by atoms with Crippen molar-refractivity contribution in [1.29, 1.82) is 0 Å². The topological polar surface area (TPSA) is 78.0 Å². The second kappa shape index (κ2) is 2.81. The van der Waals surface area contributed by atoms with E-state index >= 15 is 0 Å². The maximum Gasteiger partial charge on any atom is 0.329 e. The van der Waals surface area contributed by atoms with Gasteiger partial charge in [-0.15, -0.1) is 0 Å². The Hall–Kier alpha value is -1.36. The van der Waals surface area contributed by atoms with Crippen molar-refractivity contribution in [1.82, 2.24) is 15.3 Å². The molecule has 1 aliphatic heterocycles. The number of aliphatic carboxylic acids is 1. The first-order valence-corrected chi connectivity index (χ1v) is 4.58. The van der Waals surface area contributed by atoms with Crippen molar-refractivity contribution in [2.75, 3.05) is 0 Å². The lowest BCUT2D eigenvalue weighted by Gasteiger charge is -2.33. The van der Waals surface area contributed by atoms with Crippen LogP contribution in [0.25, 0.3) is 0 Å². The van der Waals surface area contributed by atoms with Gasteiger partial charge < -0.3 is 10.1 Å². The van der Waals surface area contributed by atoms with Gasteiger partial charge in [0, 0.05) is 18.2 Å². The number of aromatic amines is 1. The Labute approximate surface area is 81.5 Å². The highest BCUT2D eigenvalue weighted by molar-refractivity contribution is 5.80. The monoisotopic (exact) mass is 195 g/mol. The first-order chi connectivity index (χ1) is 6.54. The van der Waals surface area contributed by atoms with Gasteiger partial charge in [-0.25, -0.2) is 9.78 Å². The number of nitrogens with one attached hydrogen (secondary N) is 2. The standard InChI is InChI=1S/C9H13N3O2/c1-5-3-6-7(11-4-10-6)9(2,12-5)8(13)14/h4-5,12H,3H2,1-2H3,(H,10,11)(H,13,14)/t5-,9+/m1/s1. The van der Waals surface area contributed by atoms with E-state index in [0.29, 0.717) is 5.69 Å². The van der Waals surface area contributed by atoms with Crippen LogP contribution >= 0.6 is 0 Å². The minimum Gasteiger partial charge on any atom is -0.480 e. The predicted molar refractivity (Wildman–Crippen MR) is 49.9 cm³/mol. The highest BCUT2D eigenvalue weighted by Gasteiger charge is 2.43. The molecule has 2 rings (SSSR count). The number of aromatic nitrogens is 2. The minimum atomic E-state index is -1.06. The molecule has 0 amide bonds. The number of carboxylic acid groups (broad SMARTS) is 1. The van der Waals surface area contributed by atoms with Gasteiger partial charge in [-0.3, -0.25) is 5.32 Å².